The van der Waals surface area contributed by atoms with Gasteiger partial charge in [0, 0.05) is 25.4 Å². The molecule has 0 saturated carbocycles. The average Bonchev–Trinajstić information content (AvgIpc) is 2.73. The molecule has 0 unspecified atom stereocenters. The summed E-state index contributed by atoms with van der Waals surface area (Å²) in [6, 6.07) is 2.24. The van der Waals surface area contributed by atoms with Gasteiger partial charge >= 0.3 is 0 Å². The standard InChI is InChI=1S/C12H20N6O2S/c1-21(19,20)7-6-18-11(15)10(8-13)12(16-18)17-4-2-9(14)3-5-17/h9H,2-7,14-15H2,1H3. The minimum Gasteiger partial charge on any atom is -0.383 e. The second-order valence-electron chi connectivity index (χ2n) is 5.37. The van der Waals surface area contributed by atoms with Crippen molar-refractivity contribution in [2.75, 3.05) is 35.7 Å². The van der Waals surface area contributed by atoms with E-state index in [9.17, 15) is 13.7 Å². The van der Waals surface area contributed by atoms with E-state index in [4.69, 9.17) is 11.5 Å². The molecule has 1 aromatic heterocycles. The van der Waals surface area contributed by atoms with Crippen LogP contribution in [0.5, 0.6) is 0 Å². The van der Waals surface area contributed by atoms with E-state index in [-0.39, 0.29) is 24.2 Å². The van der Waals surface area contributed by atoms with Crippen molar-refractivity contribution in [1.82, 2.24) is 9.78 Å². The molecule has 0 spiro atoms. The Morgan fingerprint density at radius 3 is 2.57 bits per heavy atom. The maximum absolute atomic E-state index is 11.2. The van der Waals surface area contributed by atoms with Crippen LogP contribution in [0.3, 0.4) is 0 Å². The number of piperidine rings is 1. The van der Waals surface area contributed by atoms with Gasteiger partial charge in [0.05, 0.1) is 12.3 Å². The molecule has 21 heavy (non-hydrogen) atoms. The first-order chi connectivity index (χ1) is 9.81. The second kappa shape index (κ2) is 5.91. The highest BCUT2D eigenvalue weighted by atomic mass is 32.2. The Hall–Kier alpha value is -1.79. The normalized spacial score (nSPS) is 16.9. The molecule has 2 rings (SSSR count). The van der Waals surface area contributed by atoms with Crippen molar-refractivity contribution in [3.63, 3.8) is 0 Å². The Morgan fingerprint density at radius 2 is 2.05 bits per heavy atom. The van der Waals surface area contributed by atoms with Gasteiger partial charge in [-0.1, -0.05) is 0 Å². The predicted molar refractivity (Wildman–Crippen MR) is 80.5 cm³/mol. The van der Waals surface area contributed by atoms with Crippen molar-refractivity contribution in [2.24, 2.45) is 5.73 Å². The number of rotatable bonds is 4. The molecule has 1 aliphatic heterocycles. The molecular formula is C12H20N6O2S. The van der Waals surface area contributed by atoms with Crippen LogP contribution in [0.2, 0.25) is 0 Å². The van der Waals surface area contributed by atoms with Crippen LogP contribution < -0.4 is 16.4 Å². The van der Waals surface area contributed by atoms with Gasteiger partial charge in [-0.3, -0.25) is 0 Å². The Bertz CT molecular complexity index is 652. The number of aryl methyl sites for hydroxylation is 1. The number of nitrogens with zero attached hydrogens (tertiary/aromatic N) is 4. The second-order valence-corrected chi connectivity index (χ2v) is 7.63. The van der Waals surface area contributed by atoms with Crippen LogP contribution in [0.25, 0.3) is 0 Å². The van der Waals surface area contributed by atoms with Gasteiger partial charge in [0.2, 0.25) is 0 Å². The number of hydrogen-bond acceptors (Lipinski definition) is 7. The Morgan fingerprint density at radius 1 is 1.43 bits per heavy atom. The van der Waals surface area contributed by atoms with E-state index in [0.29, 0.717) is 11.4 Å². The van der Waals surface area contributed by atoms with Gasteiger partial charge in [-0.2, -0.15) is 10.4 Å². The fourth-order valence-electron chi connectivity index (χ4n) is 2.32. The molecular weight excluding hydrogens is 292 g/mol. The number of nitrogen functional groups attached to an aromatic ring is 1. The molecule has 0 bridgehead atoms. The number of nitriles is 1. The van der Waals surface area contributed by atoms with Crippen molar-refractivity contribution < 1.29 is 8.42 Å². The number of hydrogen-bond donors (Lipinski definition) is 2. The summed E-state index contributed by atoms with van der Waals surface area (Å²) in [4.78, 5) is 1.98. The lowest BCUT2D eigenvalue weighted by Crippen LogP contribution is -2.40. The number of aromatic nitrogens is 2. The number of anilines is 2. The summed E-state index contributed by atoms with van der Waals surface area (Å²) < 4.78 is 23.9. The first kappa shape index (κ1) is 15.6. The third-order valence-corrected chi connectivity index (χ3v) is 4.52. The lowest BCUT2D eigenvalue weighted by atomic mass is 10.1. The summed E-state index contributed by atoms with van der Waals surface area (Å²) >= 11 is 0. The molecule has 0 atom stereocenters. The minimum absolute atomic E-state index is 0.0614. The van der Waals surface area contributed by atoms with Gasteiger partial charge in [-0.25, -0.2) is 13.1 Å². The van der Waals surface area contributed by atoms with E-state index < -0.39 is 9.84 Å². The van der Waals surface area contributed by atoms with Crippen molar-refractivity contribution in [1.29, 1.82) is 5.26 Å². The van der Waals surface area contributed by atoms with Gasteiger partial charge in [-0.15, -0.1) is 0 Å². The summed E-state index contributed by atoms with van der Waals surface area (Å²) in [6.45, 7) is 1.59. The summed E-state index contributed by atoms with van der Waals surface area (Å²) in [5.74, 6) is 0.676. The summed E-state index contributed by atoms with van der Waals surface area (Å²) in [5, 5.41) is 13.6. The smallest absolute Gasteiger partial charge is 0.170 e. The molecule has 4 N–H and O–H groups in total. The van der Waals surface area contributed by atoms with E-state index >= 15 is 0 Å². The molecule has 0 aromatic carbocycles. The zero-order valence-electron chi connectivity index (χ0n) is 12.0. The Labute approximate surface area is 124 Å². The first-order valence-electron chi connectivity index (χ1n) is 6.76. The summed E-state index contributed by atoms with van der Waals surface area (Å²) in [7, 11) is -3.11. The highest BCUT2D eigenvalue weighted by molar-refractivity contribution is 7.90. The molecule has 0 radical (unpaired) electrons. The monoisotopic (exact) mass is 312 g/mol. The summed E-state index contributed by atoms with van der Waals surface area (Å²) in [5.41, 5.74) is 12.1. The highest BCUT2D eigenvalue weighted by Gasteiger charge is 2.24. The molecule has 8 nitrogen and oxygen atoms in total. The SMILES string of the molecule is CS(=O)(=O)CCn1nc(N2CCC(N)CC2)c(C#N)c1N. The van der Waals surface area contributed by atoms with Gasteiger partial charge < -0.3 is 16.4 Å². The lowest BCUT2D eigenvalue weighted by molar-refractivity contribution is 0.496. The van der Waals surface area contributed by atoms with Crippen molar-refractivity contribution >= 4 is 21.5 Å². The van der Waals surface area contributed by atoms with Gasteiger partial charge in [-0.05, 0) is 12.8 Å². The third kappa shape index (κ3) is 3.65. The molecule has 9 heteroatoms. The van der Waals surface area contributed by atoms with Gasteiger partial charge in [0.25, 0.3) is 0 Å². The van der Waals surface area contributed by atoms with Crippen molar-refractivity contribution in [3.8, 4) is 6.07 Å². The lowest BCUT2D eigenvalue weighted by Gasteiger charge is -2.30. The topological polar surface area (TPSA) is 131 Å². The van der Waals surface area contributed by atoms with Crippen LogP contribution in [-0.4, -0.2) is 49.3 Å². The van der Waals surface area contributed by atoms with Crippen molar-refractivity contribution in [3.05, 3.63) is 5.56 Å². The molecule has 0 aliphatic carbocycles. The maximum Gasteiger partial charge on any atom is 0.170 e. The van der Waals surface area contributed by atoms with Crippen molar-refractivity contribution in [2.45, 2.75) is 25.4 Å². The van der Waals surface area contributed by atoms with E-state index in [1.54, 1.807) is 0 Å². The van der Waals surface area contributed by atoms with E-state index in [0.717, 1.165) is 32.2 Å². The highest BCUT2D eigenvalue weighted by Crippen LogP contribution is 2.26. The fraction of sp³-hybridized carbons (Fsp3) is 0.667. The van der Waals surface area contributed by atoms with Crippen LogP contribution in [0.1, 0.15) is 18.4 Å². The fourth-order valence-corrected chi connectivity index (χ4v) is 2.83. The first-order valence-corrected chi connectivity index (χ1v) is 8.82. The number of sulfone groups is 1. The van der Waals surface area contributed by atoms with Crippen LogP contribution in [0.4, 0.5) is 11.6 Å². The van der Waals surface area contributed by atoms with E-state index in [2.05, 4.69) is 11.2 Å². The minimum atomic E-state index is -3.11. The van der Waals surface area contributed by atoms with E-state index in [1.807, 2.05) is 4.90 Å². The average molecular weight is 312 g/mol. The quantitative estimate of drug-likeness (QED) is 0.752. The molecule has 1 fully saturated rings. The molecule has 0 amide bonds. The molecule has 1 saturated heterocycles. The van der Waals surface area contributed by atoms with Crippen LogP contribution in [0.15, 0.2) is 0 Å². The van der Waals surface area contributed by atoms with Crippen LogP contribution in [-0.2, 0) is 16.4 Å². The largest absolute Gasteiger partial charge is 0.383 e. The Kier molecular flexibility index (Phi) is 4.39. The van der Waals surface area contributed by atoms with Crippen LogP contribution in [0, 0.1) is 11.3 Å². The molecule has 1 aliphatic rings. The number of nitrogens with two attached hydrogens (primary N) is 2. The van der Waals surface area contributed by atoms with Gasteiger partial charge in [0.1, 0.15) is 27.3 Å². The molecule has 1 aromatic rings. The maximum atomic E-state index is 11.2. The van der Waals surface area contributed by atoms with E-state index in [1.165, 1.54) is 4.68 Å². The van der Waals surface area contributed by atoms with Gasteiger partial charge in [0.15, 0.2) is 5.82 Å². The zero-order chi connectivity index (χ0) is 15.6. The molecule has 2 heterocycles. The zero-order valence-corrected chi connectivity index (χ0v) is 12.8. The third-order valence-electron chi connectivity index (χ3n) is 3.60. The molecule has 116 valence electrons. The summed E-state index contributed by atoms with van der Waals surface area (Å²) in [6.07, 6.45) is 2.83. The Balaban J connectivity index is 2.24. The van der Waals surface area contributed by atoms with Crippen LogP contribution >= 0.6 is 0 Å². The predicted octanol–water partition coefficient (Wildman–Crippen LogP) is -0.691.